The number of nitrogens with zero attached hydrogens (tertiary/aromatic N) is 1. The lowest BCUT2D eigenvalue weighted by Gasteiger charge is -2.52. The molecule has 2 rings (SSSR count). The first-order chi connectivity index (χ1) is 7.42. The summed E-state index contributed by atoms with van der Waals surface area (Å²) >= 11 is 0. The Morgan fingerprint density at radius 1 is 0.875 bits per heavy atom. The summed E-state index contributed by atoms with van der Waals surface area (Å²) in [7, 11) is 0. The fraction of sp³-hybridized carbons (Fsp3) is 1.00. The van der Waals surface area contributed by atoms with Crippen LogP contribution in [0.3, 0.4) is 0 Å². The average molecular weight is 225 g/mol. The van der Waals surface area contributed by atoms with Crippen LogP contribution >= 0.6 is 0 Å². The fourth-order valence-electron chi connectivity index (χ4n) is 3.40. The van der Waals surface area contributed by atoms with Crippen molar-refractivity contribution in [3.8, 4) is 0 Å². The Morgan fingerprint density at radius 2 is 1.38 bits per heavy atom. The van der Waals surface area contributed by atoms with E-state index in [2.05, 4.69) is 32.8 Å². The zero-order valence-electron chi connectivity index (χ0n) is 11.4. The van der Waals surface area contributed by atoms with Crippen LogP contribution in [-0.4, -0.2) is 22.2 Å². The minimum Gasteiger partial charge on any atom is -0.295 e. The quantitative estimate of drug-likeness (QED) is 0.706. The minimum absolute atomic E-state index is 0.199. The lowest BCUT2D eigenvalue weighted by molar-refractivity contribution is -0.303. The third-order valence-electron chi connectivity index (χ3n) is 4.23. The molecule has 94 valence electrons. The van der Waals surface area contributed by atoms with Crippen molar-refractivity contribution in [3.63, 3.8) is 0 Å². The molecule has 0 radical (unpaired) electrons. The van der Waals surface area contributed by atoms with Crippen molar-refractivity contribution in [2.75, 3.05) is 0 Å². The van der Waals surface area contributed by atoms with Gasteiger partial charge in [0.1, 0.15) is 0 Å². The Hall–Kier alpha value is -0.0800. The molecule has 2 aliphatic rings. The molecule has 0 spiro atoms. The van der Waals surface area contributed by atoms with Crippen molar-refractivity contribution in [1.29, 1.82) is 0 Å². The molecule has 0 N–H and O–H groups in total. The Balaban J connectivity index is 2.06. The summed E-state index contributed by atoms with van der Waals surface area (Å²) in [5.41, 5.74) is 0.398. The molecule has 1 aliphatic heterocycles. The Kier molecular flexibility index (Phi) is 3.33. The molecular weight excluding hydrogens is 198 g/mol. The van der Waals surface area contributed by atoms with Crippen molar-refractivity contribution in [2.24, 2.45) is 0 Å². The van der Waals surface area contributed by atoms with E-state index in [4.69, 9.17) is 4.84 Å². The van der Waals surface area contributed by atoms with Crippen molar-refractivity contribution in [3.05, 3.63) is 0 Å². The molecule has 0 aromatic rings. The molecular formula is C14H27NO. The number of hydroxylamine groups is 2. The highest BCUT2D eigenvalue weighted by Crippen LogP contribution is 2.40. The summed E-state index contributed by atoms with van der Waals surface area (Å²) in [4.78, 5) is 6.32. The van der Waals surface area contributed by atoms with E-state index in [0.717, 1.165) is 0 Å². The van der Waals surface area contributed by atoms with Gasteiger partial charge in [0.2, 0.25) is 0 Å². The number of hydrogen-bond acceptors (Lipinski definition) is 2. The summed E-state index contributed by atoms with van der Waals surface area (Å²) < 4.78 is 0. The first-order valence-electron chi connectivity index (χ1n) is 6.89. The lowest BCUT2D eigenvalue weighted by atomic mass is 9.82. The van der Waals surface area contributed by atoms with Crippen LogP contribution in [0.25, 0.3) is 0 Å². The SMILES string of the molecule is CC1(C)CCCC(C)(C)N1OC1CCCC1. The van der Waals surface area contributed by atoms with Crippen LogP contribution in [0.4, 0.5) is 0 Å². The number of hydrogen-bond donors (Lipinski definition) is 0. The van der Waals surface area contributed by atoms with E-state index >= 15 is 0 Å². The van der Waals surface area contributed by atoms with E-state index in [1.807, 2.05) is 0 Å². The molecule has 2 nitrogen and oxygen atoms in total. The molecule has 1 saturated heterocycles. The normalized spacial score (nSPS) is 30.8. The van der Waals surface area contributed by atoms with Gasteiger partial charge in [-0.1, -0.05) is 12.8 Å². The van der Waals surface area contributed by atoms with Gasteiger partial charge in [0.25, 0.3) is 0 Å². The fourth-order valence-corrected chi connectivity index (χ4v) is 3.40. The van der Waals surface area contributed by atoms with Crippen LogP contribution in [0.5, 0.6) is 0 Å². The molecule has 0 unspecified atom stereocenters. The van der Waals surface area contributed by atoms with Crippen molar-refractivity contribution in [1.82, 2.24) is 5.06 Å². The lowest BCUT2D eigenvalue weighted by Crippen LogP contribution is -2.59. The van der Waals surface area contributed by atoms with Gasteiger partial charge in [-0.2, -0.15) is 5.06 Å². The summed E-state index contributed by atoms with van der Waals surface area (Å²) in [6, 6.07) is 0. The van der Waals surface area contributed by atoms with Crippen LogP contribution in [0.2, 0.25) is 0 Å². The molecule has 0 atom stereocenters. The van der Waals surface area contributed by atoms with Gasteiger partial charge in [0.15, 0.2) is 0 Å². The van der Waals surface area contributed by atoms with E-state index in [9.17, 15) is 0 Å². The second-order valence-electron chi connectivity index (χ2n) is 6.78. The first-order valence-corrected chi connectivity index (χ1v) is 6.89. The zero-order chi connectivity index (χ0) is 11.8. The molecule has 0 amide bonds. The summed E-state index contributed by atoms with van der Waals surface area (Å²) in [6.45, 7) is 9.29. The van der Waals surface area contributed by atoms with Gasteiger partial charge in [-0.25, -0.2) is 0 Å². The average Bonchev–Trinajstić information content (AvgIpc) is 2.63. The van der Waals surface area contributed by atoms with Gasteiger partial charge in [-0.05, 0) is 59.8 Å². The predicted molar refractivity (Wildman–Crippen MR) is 67.2 cm³/mol. The molecule has 16 heavy (non-hydrogen) atoms. The van der Waals surface area contributed by atoms with E-state index in [0.29, 0.717) is 6.10 Å². The van der Waals surface area contributed by atoms with Crippen LogP contribution < -0.4 is 0 Å². The van der Waals surface area contributed by atoms with Crippen LogP contribution in [0, 0.1) is 0 Å². The zero-order valence-corrected chi connectivity index (χ0v) is 11.4. The van der Waals surface area contributed by atoms with E-state index in [1.54, 1.807) is 0 Å². The molecule has 1 aliphatic carbocycles. The van der Waals surface area contributed by atoms with Crippen molar-refractivity contribution in [2.45, 2.75) is 89.8 Å². The van der Waals surface area contributed by atoms with Gasteiger partial charge in [-0.3, -0.25) is 4.84 Å². The van der Waals surface area contributed by atoms with Crippen molar-refractivity contribution < 1.29 is 4.84 Å². The molecule has 1 saturated carbocycles. The van der Waals surface area contributed by atoms with E-state index < -0.39 is 0 Å². The maximum absolute atomic E-state index is 6.32. The Bertz CT molecular complexity index is 225. The molecule has 0 aromatic carbocycles. The predicted octanol–water partition coefficient (Wildman–Crippen LogP) is 3.90. The van der Waals surface area contributed by atoms with Gasteiger partial charge in [0, 0.05) is 11.1 Å². The molecule has 2 heteroatoms. The second-order valence-corrected chi connectivity index (χ2v) is 6.78. The number of piperidine rings is 1. The standard InChI is InChI=1S/C14H27NO/c1-13(2)10-7-11-14(3,4)15(13)16-12-8-5-6-9-12/h12H,5-11H2,1-4H3. The highest BCUT2D eigenvalue weighted by atomic mass is 16.7. The Labute approximate surface area is 100 Å². The van der Waals surface area contributed by atoms with Crippen LogP contribution in [0.1, 0.15) is 72.6 Å². The number of rotatable bonds is 2. The third-order valence-corrected chi connectivity index (χ3v) is 4.23. The maximum atomic E-state index is 6.32. The van der Waals surface area contributed by atoms with E-state index in [1.165, 1.54) is 44.9 Å². The highest BCUT2D eigenvalue weighted by Gasteiger charge is 2.43. The van der Waals surface area contributed by atoms with E-state index in [-0.39, 0.29) is 11.1 Å². The van der Waals surface area contributed by atoms with Crippen LogP contribution in [0.15, 0.2) is 0 Å². The van der Waals surface area contributed by atoms with Gasteiger partial charge in [0.05, 0.1) is 6.10 Å². The van der Waals surface area contributed by atoms with Gasteiger partial charge >= 0.3 is 0 Å². The van der Waals surface area contributed by atoms with Crippen LogP contribution in [-0.2, 0) is 4.84 Å². The largest absolute Gasteiger partial charge is 0.295 e. The van der Waals surface area contributed by atoms with Gasteiger partial charge < -0.3 is 0 Å². The molecule has 1 heterocycles. The molecule has 0 aromatic heterocycles. The topological polar surface area (TPSA) is 12.5 Å². The summed E-state index contributed by atoms with van der Waals surface area (Å²) in [5, 5.41) is 2.32. The Morgan fingerprint density at radius 3 is 1.88 bits per heavy atom. The molecule has 0 bridgehead atoms. The summed E-state index contributed by atoms with van der Waals surface area (Å²) in [5.74, 6) is 0. The minimum atomic E-state index is 0.199. The van der Waals surface area contributed by atoms with Gasteiger partial charge in [-0.15, -0.1) is 0 Å². The third kappa shape index (κ3) is 2.43. The maximum Gasteiger partial charge on any atom is 0.0793 e. The van der Waals surface area contributed by atoms with Crippen molar-refractivity contribution >= 4 is 0 Å². The molecule has 2 fully saturated rings. The smallest absolute Gasteiger partial charge is 0.0793 e. The summed E-state index contributed by atoms with van der Waals surface area (Å²) in [6.07, 6.45) is 9.51. The highest BCUT2D eigenvalue weighted by molar-refractivity contribution is 4.93. The second kappa shape index (κ2) is 4.30. The first kappa shape index (κ1) is 12.4. The monoisotopic (exact) mass is 225 g/mol.